The summed E-state index contributed by atoms with van der Waals surface area (Å²) < 4.78 is 37.6. The Morgan fingerprint density at radius 1 is 1.11 bits per heavy atom. The molecule has 0 spiro atoms. The van der Waals surface area contributed by atoms with Gasteiger partial charge >= 0.3 is 6.18 Å². The van der Waals surface area contributed by atoms with Crippen molar-refractivity contribution in [1.82, 2.24) is 4.98 Å². The molecule has 0 atom stereocenters. The van der Waals surface area contributed by atoms with Crippen molar-refractivity contribution < 1.29 is 43.2 Å². The van der Waals surface area contributed by atoms with Crippen molar-refractivity contribution in [2.24, 2.45) is 0 Å². The molecule has 3 rings (SSSR count). The number of nitrogens with zero attached hydrogens (tertiary/aromatic N) is 1. The summed E-state index contributed by atoms with van der Waals surface area (Å²) >= 11 is 0. The maximum Gasteiger partial charge on any atom is 0.417 e. The van der Waals surface area contributed by atoms with Crippen LogP contribution in [0.4, 0.5) is 13.2 Å². The number of hydrogen-bond donors (Lipinski definition) is 1. The number of fused-ring (bicyclic) bond motifs is 1. The van der Waals surface area contributed by atoms with Gasteiger partial charge in [0.05, 0.1) is 11.3 Å². The molecule has 0 bridgehead atoms. The number of alkyl halides is 3. The van der Waals surface area contributed by atoms with Gasteiger partial charge in [-0.2, -0.15) is 13.2 Å². The van der Waals surface area contributed by atoms with Gasteiger partial charge in [-0.25, -0.2) is 0 Å². The zero-order valence-corrected chi connectivity index (χ0v) is 17.4. The molecule has 0 amide bonds. The van der Waals surface area contributed by atoms with Crippen LogP contribution in [-0.4, -0.2) is 15.9 Å². The number of aliphatic hydroxyl groups excluding tert-OH is 1. The third-order valence-corrected chi connectivity index (χ3v) is 3.48. The molecule has 1 N–H and O–H groups in total. The zero-order valence-electron chi connectivity index (χ0n) is 15.0. The second-order valence-corrected chi connectivity index (χ2v) is 5.77. The molecule has 7 heteroatoms. The topological polar surface area (TPSA) is 50.2 Å². The van der Waals surface area contributed by atoms with Crippen LogP contribution in [0, 0.1) is 6.07 Å². The van der Waals surface area contributed by atoms with Gasteiger partial charge < -0.3 is 10.1 Å². The number of hydrogen-bond acceptors (Lipinski definition) is 3. The molecule has 3 nitrogen and oxygen atoms in total. The van der Waals surface area contributed by atoms with Crippen LogP contribution in [0.15, 0.2) is 66.6 Å². The van der Waals surface area contributed by atoms with Gasteiger partial charge in [0.1, 0.15) is 0 Å². The summed E-state index contributed by atoms with van der Waals surface area (Å²) in [6.07, 6.45) is -2.35. The van der Waals surface area contributed by atoms with E-state index in [1.165, 1.54) is 26.0 Å². The third-order valence-electron chi connectivity index (χ3n) is 3.48. The van der Waals surface area contributed by atoms with Crippen molar-refractivity contribution >= 4 is 16.6 Å². The van der Waals surface area contributed by atoms with Gasteiger partial charge in [-0.15, -0.1) is 29.1 Å². The van der Waals surface area contributed by atoms with E-state index in [2.05, 4.69) is 11.1 Å². The van der Waals surface area contributed by atoms with Gasteiger partial charge in [-0.05, 0) is 19.5 Å². The van der Waals surface area contributed by atoms with Gasteiger partial charge in [-0.1, -0.05) is 41.8 Å². The van der Waals surface area contributed by atoms with Crippen LogP contribution < -0.4 is 0 Å². The van der Waals surface area contributed by atoms with E-state index in [-0.39, 0.29) is 31.6 Å². The van der Waals surface area contributed by atoms with E-state index in [4.69, 9.17) is 5.11 Å². The molecule has 0 fully saturated rings. The SMILES string of the molecule is CC(=O)/C=C(/C)O.FC(F)(F)c1ccc(-c2[c-]ccc3ccccc23)nc1.[Ir]. The molecule has 1 radical (unpaired) electrons. The van der Waals surface area contributed by atoms with Crippen molar-refractivity contribution in [3.63, 3.8) is 0 Å². The van der Waals surface area contributed by atoms with Gasteiger partial charge in [-0.3, -0.25) is 4.79 Å². The predicted octanol–water partition coefficient (Wildman–Crippen LogP) is 5.76. The van der Waals surface area contributed by atoms with E-state index in [1.54, 1.807) is 6.07 Å². The Morgan fingerprint density at radius 3 is 2.29 bits per heavy atom. The van der Waals surface area contributed by atoms with Crippen molar-refractivity contribution in [3.05, 3.63) is 78.2 Å². The van der Waals surface area contributed by atoms with Gasteiger partial charge in [0.2, 0.25) is 0 Å². The van der Waals surface area contributed by atoms with Crippen molar-refractivity contribution in [2.45, 2.75) is 20.0 Å². The van der Waals surface area contributed by atoms with E-state index in [0.29, 0.717) is 11.3 Å². The molecule has 149 valence electrons. The zero-order chi connectivity index (χ0) is 20.0. The number of allylic oxidation sites excluding steroid dienone is 2. The number of halogens is 3. The first-order valence-electron chi connectivity index (χ1n) is 7.99. The van der Waals surface area contributed by atoms with Crippen molar-refractivity contribution in [3.8, 4) is 11.3 Å². The molecule has 0 aliphatic heterocycles. The fraction of sp³-hybridized carbons (Fsp3) is 0.143. The monoisotopic (exact) mass is 565 g/mol. The molecule has 1 aromatic heterocycles. The number of pyridine rings is 1. The first kappa shape index (κ1) is 23.5. The minimum atomic E-state index is -4.37. The molecular formula is C21H17F3IrNO2-. The second kappa shape index (κ2) is 10.2. The predicted molar refractivity (Wildman–Crippen MR) is 98.1 cm³/mol. The van der Waals surface area contributed by atoms with E-state index < -0.39 is 11.7 Å². The molecule has 28 heavy (non-hydrogen) atoms. The summed E-state index contributed by atoms with van der Waals surface area (Å²) in [5.41, 5.74) is 0.438. The number of aliphatic hydroxyl groups is 1. The molecular weight excluding hydrogens is 547 g/mol. The number of rotatable bonds is 2. The average Bonchev–Trinajstić information content (AvgIpc) is 2.60. The van der Waals surface area contributed by atoms with Crippen molar-refractivity contribution in [2.75, 3.05) is 0 Å². The molecule has 0 saturated heterocycles. The Balaban J connectivity index is 0.000000425. The molecule has 0 saturated carbocycles. The van der Waals surface area contributed by atoms with Gasteiger partial charge in [0, 0.05) is 32.4 Å². The summed E-state index contributed by atoms with van der Waals surface area (Å²) in [5.74, 6) is -0.0625. The van der Waals surface area contributed by atoms with E-state index in [1.807, 2.05) is 30.3 Å². The minimum Gasteiger partial charge on any atom is -0.512 e. The first-order chi connectivity index (χ1) is 12.7. The smallest absolute Gasteiger partial charge is 0.417 e. The number of benzene rings is 2. The number of carbonyl (C=O) groups is 1. The fourth-order valence-electron chi connectivity index (χ4n) is 2.38. The van der Waals surface area contributed by atoms with Crippen LogP contribution in [0.3, 0.4) is 0 Å². The number of ketones is 1. The van der Waals surface area contributed by atoms with Gasteiger partial charge in [0.25, 0.3) is 0 Å². The van der Waals surface area contributed by atoms with Gasteiger partial charge in [0.15, 0.2) is 5.78 Å². The normalized spacial score (nSPS) is 11.2. The molecule has 0 aliphatic carbocycles. The maximum absolute atomic E-state index is 12.5. The summed E-state index contributed by atoms with van der Waals surface area (Å²) in [4.78, 5) is 13.9. The maximum atomic E-state index is 12.5. The van der Waals surface area contributed by atoms with Crippen LogP contribution in [0.2, 0.25) is 0 Å². The summed E-state index contributed by atoms with van der Waals surface area (Å²) in [6.45, 7) is 2.85. The van der Waals surface area contributed by atoms with Crippen LogP contribution in [0.5, 0.6) is 0 Å². The van der Waals surface area contributed by atoms with E-state index >= 15 is 0 Å². The largest absolute Gasteiger partial charge is 0.512 e. The van der Waals surface area contributed by atoms with E-state index in [9.17, 15) is 18.0 Å². The van der Waals surface area contributed by atoms with Crippen LogP contribution >= 0.6 is 0 Å². The third kappa shape index (κ3) is 6.59. The number of aromatic nitrogens is 1. The molecule has 0 unspecified atom stereocenters. The number of carbonyl (C=O) groups excluding carboxylic acids is 1. The molecule has 0 aliphatic rings. The Labute approximate surface area is 174 Å². The second-order valence-electron chi connectivity index (χ2n) is 5.77. The summed E-state index contributed by atoms with van der Waals surface area (Å²) in [6, 6.07) is 16.7. The minimum absolute atomic E-state index is 0. The molecule has 2 aromatic carbocycles. The Bertz CT molecular complexity index is 958. The van der Waals surface area contributed by atoms with Crippen LogP contribution in [0.1, 0.15) is 19.4 Å². The fourth-order valence-corrected chi connectivity index (χ4v) is 2.38. The standard InChI is InChI=1S/C16H9F3N.C5H8O2.Ir/c17-16(18,19)12-8-9-15(20-10-12)14-7-3-5-11-4-1-2-6-13(11)14;1-4(6)3-5(2)7;/h1-6,8-10H;3,6H,1-2H3;/q-1;;/b;4-3-;. The summed E-state index contributed by atoms with van der Waals surface area (Å²) in [7, 11) is 0. The van der Waals surface area contributed by atoms with Crippen molar-refractivity contribution in [1.29, 1.82) is 0 Å². The van der Waals surface area contributed by atoms with Crippen LogP contribution in [0.25, 0.3) is 22.0 Å². The average molecular weight is 565 g/mol. The Kier molecular flexibility index (Phi) is 8.54. The Hall–Kier alpha value is -2.50. The Morgan fingerprint density at radius 2 is 1.79 bits per heavy atom. The van der Waals surface area contributed by atoms with E-state index in [0.717, 1.165) is 23.0 Å². The quantitative estimate of drug-likeness (QED) is 0.245. The first-order valence-corrected chi connectivity index (χ1v) is 7.99. The summed E-state index contributed by atoms with van der Waals surface area (Å²) in [5, 5.41) is 10.3. The van der Waals surface area contributed by atoms with Crippen LogP contribution in [-0.2, 0) is 31.1 Å². The molecule has 1 heterocycles. The molecule has 3 aromatic rings.